The molecule has 3 fully saturated rings. The molecule has 4 heterocycles. The zero-order valence-corrected chi connectivity index (χ0v) is 16.8. The lowest BCUT2D eigenvalue weighted by atomic mass is 9.88. The number of hydrogen-bond donors (Lipinski definition) is 1. The molecule has 0 radical (unpaired) electrons. The van der Waals surface area contributed by atoms with Gasteiger partial charge in [-0.25, -0.2) is 14.3 Å². The van der Waals surface area contributed by atoms with Gasteiger partial charge < -0.3 is 15.1 Å². The Morgan fingerprint density at radius 3 is 2.59 bits per heavy atom. The molecule has 2 atom stereocenters. The summed E-state index contributed by atoms with van der Waals surface area (Å²) in [4.78, 5) is 22.7. The van der Waals surface area contributed by atoms with E-state index >= 15 is 0 Å². The highest BCUT2D eigenvalue weighted by Crippen LogP contribution is 2.37. The highest BCUT2D eigenvalue weighted by atomic mass is 16.2. The van der Waals surface area contributed by atoms with Gasteiger partial charge in [0.15, 0.2) is 0 Å². The number of para-hydroxylation sites is 2. The number of carbonyl (C=O) groups excluding carboxylic acids is 1. The molecule has 0 spiro atoms. The summed E-state index contributed by atoms with van der Waals surface area (Å²) in [6, 6.07) is 19.1. The summed E-state index contributed by atoms with van der Waals surface area (Å²) in [6.45, 7) is 2.70. The quantitative estimate of drug-likeness (QED) is 0.682. The van der Waals surface area contributed by atoms with Gasteiger partial charge in [-0.3, -0.25) is 0 Å². The van der Waals surface area contributed by atoms with Crippen LogP contribution < -0.4 is 10.2 Å². The number of rotatable bonds is 5. The number of benzene rings is 2. The van der Waals surface area contributed by atoms with Crippen molar-refractivity contribution < 1.29 is 4.79 Å². The normalized spacial score (nSPS) is 21.2. The maximum Gasteiger partial charge on any atom is 0.328 e. The van der Waals surface area contributed by atoms with E-state index in [-0.39, 0.29) is 6.03 Å². The molecule has 1 amide bonds. The first-order chi connectivity index (χ1) is 14.2. The maximum absolute atomic E-state index is 13.2. The highest BCUT2D eigenvalue weighted by Gasteiger charge is 2.46. The summed E-state index contributed by atoms with van der Waals surface area (Å²) < 4.78 is 1.78. The first-order valence-electron chi connectivity index (χ1n) is 10.5. The summed E-state index contributed by atoms with van der Waals surface area (Å²) in [7, 11) is 2.17. The van der Waals surface area contributed by atoms with Crippen LogP contribution in [0.25, 0.3) is 11.0 Å². The van der Waals surface area contributed by atoms with Gasteiger partial charge in [-0.05, 0) is 44.0 Å². The highest BCUT2D eigenvalue weighted by molar-refractivity contribution is 5.93. The SMILES string of the molecule is CN1CC2CC(C1)N2c1nc2ccccc2n1C(=O)NCCCc1ccccc1. The van der Waals surface area contributed by atoms with E-state index in [0.29, 0.717) is 18.6 Å². The average Bonchev–Trinajstić information content (AvgIpc) is 3.10. The Labute approximate surface area is 171 Å². The number of aryl methyl sites for hydroxylation is 1. The summed E-state index contributed by atoms with van der Waals surface area (Å²) in [6.07, 6.45) is 3.06. The topological polar surface area (TPSA) is 53.4 Å². The van der Waals surface area contributed by atoms with Gasteiger partial charge in [-0.1, -0.05) is 42.5 Å². The van der Waals surface area contributed by atoms with Crippen molar-refractivity contribution in [3.63, 3.8) is 0 Å². The van der Waals surface area contributed by atoms with E-state index in [1.807, 2.05) is 30.3 Å². The lowest BCUT2D eigenvalue weighted by molar-refractivity contribution is 0.137. The first-order valence-corrected chi connectivity index (χ1v) is 10.5. The molecule has 2 unspecified atom stereocenters. The molecule has 6 rings (SSSR count). The minimum absolute atomic E-state index is 0.0833. The van der Waals surface area contributed by atoms with Crippen LogP contribution in [-0.4, -0.2) is 59.2 Å². The van der Waals surface area contributed by atoms with Crippen LogP contribution in [0.1, 0.15) is 18.4 Å². The molecule has 2 bridgehead atoms. The average molecular weight is 390 g/mol. The van der Waals surface area contributed by atoms with Gasteiger partial charge >= 0.3 is 6.03 Å². The number of hydrogen-bond acceptors (Lipinski definition) is 4. The predicted octanol–water partition coefficient (Wildman–Crippen LogP) is 3.12. The van der Waals surface area contributed by atoms with Crippen LogP contribution in [0.5, 0.6) is 0 Å². The number of piperazine rings is 1. The Morgan fingerprint density at radius 2 is 1.79 bits per heavy atom. The van der Waals surface area contributed by atoms with Crippen molar-refractivity contribution in [2.75, 3.05) is 31.6 Å². The number of anilines is 1. The third kappa shape index (κ3) is 3.38. The molecular weight excluding hydrogens is 362 g/mol. The summed E-state index contributed by atoms with van der Waals surface area (Å²) in [5.74, 6) is 0.793. The van der Waals surface area contributed by atoms with Crippen molar-refractivity contribution in [2.45, 2.75) is 31.3 Å². The fraction of sp³-hybridized carbons (Fsp3) is 0.391. The fourth-order valence-corrected chi connectivity index (χ4v) is 4.75. The van der Waals surface area contributed by atoms with Gasteiger partial charge in [0, 0.05) is 31.7 Å². The van der Waals surface area contributed by atoms with Crippen LogP contribution in [-0.2, 0) is 6.42 Å². The van der Waals surface area contributed by atoms with Crippen molar-refractivity contribution in [1.82, 2.24) is 19.8 Å². The van der Waals surface area contributed by atoms with Crippen molar-refractivity contribution in [1.29, 1.82) is 0 Å². The maximum atomic E-state index is 13.2. The molecule has 3 aliphatic heterocycles. The van der Waals surface area contributed by atoms with E-state index in [1.54, 1.807) is 4.57 Å². The predicted molar refractivity (Wildman–Crippen MR) is 115 cm³/mol. The Bertz CT molecular complexity index is 1000. The molecule has 0 aliphatic carbocycles. The number of imidazole rings is 1. The van der Waals surface area contributed by atoms with Crippen molar-refractivity contribution >= 4 is 23.0 Å². The zero-order chi connectivity index (χ0) is 19.8. The molecular formula is C23H27N5O. The number of carbonyl (C=O) groups is 1. The molecule has 1 aromatic heterocycles. The lowest BCUT2D eigenvalue weighted by Crippen LogP contribution is -2.69. The number of fused-ring (bicyclic) bond motifs is 3. The van der Waals surface area contributed by atoms with Gasteiger partial charge in [0.05, 0.1) is 11.0 Å². The largest absolute Gasteiger partial charge is 0.337 e. The summed E-state index contributed by atoms with van der Waals surface area (Å²) in [5, 5.41) is 3.11. The second-order valence-electron chi connectivity index (χ2n) is 8.23. The van der Waals surface area contributed by atoms with E-state index in [9.17, 15) is 4.79 Å². The van der Waals surface area contributed by atoms with Gasteiger partial charge in [0.1, 0.15) is 0 Å². The van der Waals surface area contributed by atoms with Crippen molar-refractivity contribution in [3.05, 3.63) is 60.2 Å². The Morgan fingerprint density at radius 1 is 1.07 bits per heavy atom. The molecule has 29 heavy (non-hydrogen) atoms. The molecule has 6 heteroatoms. The van der Waals surface area contributed by atoms with Crippen molar-refractivity contribution in [3.8, 4) is 0 Å². The van der Waals surface area contributed by atoms with Gasteiger partial charge in [-0.2, -0.15) is 0 Å². The summed E-state index contributed by atoms with van der Waals surface area (Å²) >= 11 is 0. The second kappa shape index (κ2) is 7.52. The zero-order valence-electron chi connectivity index (χ0n) is 16.8. The monoisotopic (exact) mass is 389 g/mol. The smallest absolute Gasteiger partial charge is 0.328 e. The van der Waals surface area contributed by atoms with E-state index in [1.165, 1.54) is 12.0 Å². The van der Waals surface area contributed by atoms with E-state index in [4.69, 9.17) is 4.98 Å². The van der Waals surface area contributed by atoms with Gasteiger partial charge in [0.2, 0.25) is 5.95 Å². The van der Waals surface area contributed by atoms with E-state index in [2.05, 4.69) is 46.4 Å². The van der Waals surface area contributed by atoms with Crippen LogP contribution in [0.3, 0.4) is 0 Å². The molecule has 0 saturated carbocycles. The standard InChI is InChI=1S/C23H27N5O/c1-26-15-18-14-19(16-26)27(18)22-25-20-11-5-6-12-21(20)28(22)23(29)24-13-7-10-17-8-3-2-4-9-17/h2-6,8-9,11-12,18-19H,7,10,13-16H2,1H3,(H,24,29). The number of aromatic nitrogens is 2. The van der Waals surface area contributed by atoms with Gasteiger partial charge in [0.25, 0.3) is 0 Å². The van der Waals surface area contributed by atoms with Crippen LogP contribution >= 0.6 is 0 Å². The van der Waals surface area contributed by atoms with Crippen LogP contribution in [0.4, 0.5) is 10.7 Å². The minimum atomic E-state index is -0.0833. The number of nitrogens with one attached hydrogen (secondary N) is 1. The molecule has 3 saturated heterocycles. The minimum Gasteiger partial charge on any atom is -0.337 e. The van der Waals surface area contributed by atoms with Gasteiger partial charge in [-0.15, -0.1) is 0 Å². The lowest BCUT2D eigenvalue weighted by Gasteiger charge is -2.56. The van der Waals surface area contributed by atoms with Crippen LogP contribution in [0, 0.1) is 0 Å². The number of piperidine rings is 1. The van der Waals surface area contributed by atoms with E-state index < -0.39 is 0 Å². The second-order valence-corrected chi connectivity index (χ2v) is 8.23. The number of amides is 1. The fourth-order valence-electron chi connectivity index (χ4n) is 4.75. The first kappa shape index (κ1) is 18.2. The van der Waals surface area contributed by atoms with Crippen LogP contribution in [0.15, 0.2) is 54.6 Å². The Hall–Kier alpha value is -2.86. The van der Waals surface area contributed by atoms with E-state index in [0.717, 1.165) is 42.9 Å². The van der Waals surface area contributed by atoms with Crippen molar-refractivity contribution in [2.24, 2.45) is 0 Å². The molecule has 1 N–H and O–H groups in total. The molecule has 3 aromatic rings. The third-order valence-electron chi connectivity index (χ3n) is 6.11. The number of likely N-dealkylation sites (N-methyl/N-ethyl adjacent to an activating group) is 1. The Balaban J connectivity index is 1.34. The molecule has 2 aromatic carbocycles. The van der Waals surface area contributed by atoms with Crippen LogP contribution in [0.2, 0.25) is 0 Å². The molecule has 6 nitrogen and oxygen atoms in total. The Kier molecular flexibility index (Phi) is 4.72. The third-order valence-corrected chi connectivity index (χ3v) is 6.11. The molecule has 3 aliphatic rings. The molecule has 150 valence electrons. The number of nitrogens with zero attached hydrogens (tertiary/aromatic N) is 4. The summed E-state index contributed by atoms with van der Waals surface area (Å²) in [5.41, 5.74) is 3.05.